The van der Waals surface area contributed by atoms with Crippen molar-refractivity contribution in [3.63, 3.8) is 0 Å². The Kier molecular flexibility index (Phi) is 41.5. The number of carboxylic acid groups (broad SMARTS) is 4. The molecule has 112 heavy (non-hydrogen) atoms. The molecular weight excluding hydrogens is 1510 g/mol. The van der Waals surface area contributed by atoms with E-state index < -0.39 is 228 Å². The highest BCUT2D eigenvalue weighted by atomic mass is 32.2. The van der Waals surface area contributed by atoms with Crippen molar-refractivity contribution in [1.82, 2.24) is 63.1 Å². The van der Waals surface area contributed by atoms with Crippen LogP contribution in [0.1, 0.15) is 138 Å². The number of nitrogens with one attached hydrogen (secondary N) is 11. The number of hydrogen-bond acceptors (Lipinski definition) is 24. The van der Waals surface area contributed by atoms with Crippen molar-refractivity contribution >= 4 is 136 Å². The molecular formula is C69H111N21O20S2. The van der Waals surface area contributed by atoms with Gasteiger partial charge in [0.15, 0.2) is 23.5 Å². The first kappa shape index (κ1) is 95.9. The maximum Gasteiger partial charge on any atom is 0.327 e. The van der Waals surface area contributed by atoms with Gasteiger partial charge in [-0.2, -0.15) is 23.5 Å². The predicted molar refractivity (Wildman–Crippen MR) is 412 cm³/mol. The molecule has 43 heteroatoms. The molecule has 2 fully saturated rings. The van der Waals surface area contributed by atoms with Gasteiger partial charge in [0.2, 0.25) is 59.1 Å². The van der Waals surface area contributed by atoms with E-state index in [1.807, 2.05) is 0 Å². The van der Waals surface area contributed by atoms with Crippen molar-refractivity contribution in [2.24, 2.45) is 84.9 Å². The maximum absolute atomic E-state index is 13.9. The van der Waals surface area contributed by atoms with Crippen molar-refractivity contribution in [1.29, 1.82) is 0 Å². The predicted octanol–water partition coefficient (Wildman–Crippen LogP) is -4.54. The number of ketones is 2. The maximum atomic E-state index is 13.9. The van der Waals surface area contributed by atoms with Gasteiger partial charge < -0.3 is 113 Å². The fourth-order valence-electron chi connectivity index (χ4n) is 11.4. The standard InChI is InChI=1S/C35H56N10O10S.C34H55N11O10S/c1-5-18(4)28-33(53)42-23(12-19-8-6-10-39-19)31(51)44-25(34(54)55)16-56-15-24(32(52)45-28)43-29(49)20(17(2)3)13-26(46)22(9-7-11-40-35(37)38)41-30(50)21(36)14-27(47)48;1-5-17(4)27-32(53)42-22(9-18-12-38-15-40-18)30(51)44-24(33(54)55)14-56-13-23(31(52)45-27)43-28(49)19(16(2)3)10-25(46)21(7-6-8-39-34(36)37)41-29(50)20(35)11-26(47)48/h8,10,17-18,20-25,28H,5-7,9,11-16,36H2,1-4H3,(H,41,50)(H,42,53)(H,43,49)(H,44,51)(H,45,52)(H,47,48)(H,54,55)(H4,37,38,40);12,15-17,19-24,27H,5-11,13-14,35H2,1-4H3,(H,38,40)(H,41,50)(H,42,53)(H,43,49)(H,44,51)(H,45,52)(H,47,48)(H,54,55)(H4,36,37,39). The van der Waals surface area contributed by atoms with Crippen molar-refractivity contribution in [3.8, 4) is 0 Å². The molecule has 0 saturated carbocycles. The molecule has 1 aromatic heterocycles. The highest BCUT2D eigenvalue weighted by Crippen LogP contribution is 2.24. The number of aliphatic carboxylic acids is 4. The van der Waals surface area contributed by atoms with Gasteiger partial charge in [0, 0.05) is 104 Å². The summed E-state index contributed by atoms with van der Waals surface area (Å²) in [7, 11) is 0. The number of Topliss-reactive ketones (excluding diaryl/α,β-unsaturated/α-hetero) is 2. The number of imidazole rings is 1. The topological polar surface area (TPSA) is 696 Å². The van der Waals surface area contributed by atoms with Crippen molar-refractivity contribution in [2.75, 3.05) is 36.1 Å². The number of guanidine groups is 2. The van der Waals surface area contributed by atoms with Gasteiger partial charge in [-0.15, -0.1) is 0 Å². The zero-order valence-corrected chi connectivity index (χ0v) is 65.7. The molecule has 1 aromatic rings. The molecule has 624 valence electrons. The van der Waals surface area contributed by atoms with E-state index in [-0.39, 0.29) is 86.5 Å². The van der Waals surface area contributed by atoms with Gasteiger partial charge in [0.1, 0.15) is 48.3 Å². The smallest absolute Gasteiger partial charge is 0.327 e. The third kappa shape index (κ3) is 33.7. The zero-order chi connectivity index (χ0) is 84.2. The number of nitrogens with zero attached hydrogens (tertiary/aromatic N) is 4. The zero-order valence-electron chi connectivity index (χ0n) is 64.0. The fraction of sp³-hybridized carbons (Fsp3) is 0.652. The number of amides is 10. The first-order valence-corrected chi connectivity index (χ1v) is 38.9. The number of thioether (sulfide) groups is 2. The number of H-pyrrole nitrogens is 1. The summed E-state index contributed by atoms with van der Waals surface area (Å²) in [5.41, 5.74) is 34.0. The Morgan fingerprint density at radius 1 is 0.536 bits per heavy atom. The Balaban J connectivity index is 0.000000580. The Morgan fingerprint density at radius 3 is 1.27 bits per heavy atom. The molecule has 3 aliphatic rings. The summed E-state index contributed by atoms with van der Waals surface area (Å²) in [6.45, 7) is 14.0. The average molecular weight is 1620 g/mol. The third-order valence-corrected chi connectivity index (χ3v) is 20.8. The summed E-state index contributed by atoms with van der Waals surface area (Å²) in [6.07, 6.45) is 5.92. The number of rotatable bonds is 38. The molecule has 4 heterocycles. The van der Waals surface area contributed by atoms with Crippen LogP contribution in [0.5, 0.6) is 0 Å². The lowest BCUT2D eigenvalue weighted by molar-refractivity contribution is -0.142. The van der Waals surface area contributed by atoms with E-state index in [1.54, 1.807) is 67.7 Å². The van der Waals surface area contributed by atoms with Crippen LogP contribution in [0.15, 0.2) is 39.3 Å². The molecule has 3 aliphatic heterocycles. The van der Waals surface area contributed by atoms with Crippen LogP contribution in [-0.2, 0) is 83.1 Å². The first-order valence-electron chi connectivity index (χ1n) is 36.6. The summed E-state index contributed by atoms with van der Waals surface area (Å²) in [5.74, 6) is -19.1. The van der Waals surface area contributed by atoms with E-state index in [4.69, 9.17) is 44.6 Å². The molecule has 2 saturated heterocycles. The molecule has 10 amide bonds. The summed E-state index contributed by atoms with van der Waals surface area (Å²) >= 11 is 1.94. The molecule has 16 unspecified atom stereocenters. The van der Waals surface area contributed by atoms with Crippen molar-refractivity contribution in [2.45, 2.75) is 211 Å². The minimum absolute atomic E-state index is 0.0152. The number of aromatic nitrogens is 2. The molecule has 4 rings (SSSR count). The van der Waals surface area contributed by atoms with E-state index >= 15 is 0 Å². The van der Waals surface area contributed by atoms with E-state index in [0.717, 1.165) is 23.5 Å². The van der Waals surface area contributed by atoms with Gasteiger partial charge in [-0.1, -0.05) is 74.3 Å². The monoisotopic (exact) mass is 1620 g/mol. The van der Waals surface area contributed by atoms with Gasteiger partial charge in [0.25, 0.3) is 0 Å². The number of aromatic amines is 1. The molecule has 0 aromatic carbocycles. The second kappa shape index (κ2) is 48.5. The summed E-state index contributed by atoms with van der Waals surface area (Å²) < 4.78 is 0. The number of allylic oxidation sites excluding steroid dienone is 1. The molecule has 0 radical (unpaired) electrons. The van der Waals surface area contributed by atoms with Crippen LogP contribution in [0.2, 0.25) is 0 Å². The van der Waals surface area contributed by atoms with Crippen LogP contribution in [-0.4, -0.2) is 252 Å². The molecule has 0 spiro atoms. The van der Waals surface area contributed by atoms with Gasteiger partial charge in [-0.05, 0) is 49.4 Å². The minimum Gasteiger partial charge on any atom is -0.481 e. The quantitative estimate of drug-likeness (QED) is 0.0168. The lowest BCUT2D eigenvalue weighted by atomic mass is 9.87. The lowest BCUT2D eigenvalue weighted by Gasteiger charge is -2.29. The highest BCUT2D eigenvalue weighted by Gasteiger charge is 2.41. The van der Waals surface area contributed by atoms with E-state index in [1.165, 1.54) is 12.5 Å². The third-order valence-electron chi connectivity index (χ3n) is 18.5. The number of carbonyl (C=O) groups is 16. The Bertz CT molecular complexity index is 3570. The van der Waals surface area contributed by atoms with Crippen LogP contribution in [0.3, 0.4) is 0 Å². The number of aliphatic imine (C=N–C) groups is 3. The van der Waals surface area contributed by atoms with Crippen LogP contribution in [0, 0.1) is 35.5 Å². The van der Waals surface area contributed by atoms with Gasteiger partial charge in [-0.25, -0.2) is 14.6 Å². The highest BCUT2D eigenvalue weighted by molar-refractivity contribution is 7.99. The SMILES string of the molecule is CCC(C)C1NC(=O)C(NC(=O)C(CC(=O)C(CCCN=C(N)N)NC(=O)C(N)CC(=O)O)C(C)C)CSCC(C(=O)O)NC(=O)C(CC2=CCC=N2)NC1=O.CCC(C)C1NC(=O)C(NC(=O)C(CC(=O)C(CCCN=C(N)N)NC(=O)C(N)CC(=O)O)C(C)C)CSCC(C(=O)O)NC(=O)C(Cc2cnc[nH]2)NC1=O. The number of carbonyl (C=O) groups excluding carboxylic acids is 12. The normalized spacial score (nSPS) is 22.1. The molecule has 0 bridgehead atoms. The Labute approximate surface area is 655 Å². The van der Waals surface area contributed by atoms with Crippen molar-refractivity contribution in [3.05, 3.63) is 30.0 Å². The number of hydrogen-bond donors (Lipinski definition) is 21. The van der Waals surface area contributed by atoms with Gasteiger partial charge >= 0.3 is 23.9 Å². The van der Waals surface area contributed by atoms with Crippen LogP contribution in [0.25, 0.3) is 0 Å². The molecule has 41 nitrogen and oxygen atoms in total. The second-order valence-corrected chi connectivity index (χ2v) is 30.2. The minimum atomic E-state index is -1.45. The Morgan fingerprint density at radius 2 is 0.938 bits per heavy atom. The number of nitrogens with two attached hydrogens (primary N) is 6. The van der Waals surface area contributed by atoms with E-state index in [0.29, 0.717) is 30.7 Å². The summed E-state index contributed by atoms with van der Waals surface area (Å²) in [5, 5.41) is 63.9. The lowest BCUT2D eigenvalue weighted by Crippen LogP contribution is -2.60. The molecule has 16 atom stereocenters. The van der Waals surface area contributed by atoms with Crippen LogP contribution in [0.4, 0.5) is 0 Å². The first-order chi connectivity index (χ1) is 52.7. The van der Waals surface area contributed by atoms with Gasteiger partial charge in [-0.3, -0.25) is 82.1 Å². The summed E-state index contributed by atoms with van der Waals surface area (Å²) in [4.78, 5) is 228. The summed E-state index contributed by atoms with van der Waals surface area (Å²) in [6, 6.07) is -15.5. The second-order valence-electron chi connectivity index (χ2n) is 28.1. The van der Waals surface area contributed by atoms with Crippen LogP contribution >= 0.6 is 23.5 Å². The van der Waals surface area contributed by atoms with Crippen LogP contribution < -0.4 is 87.6 Å². The Hall–Kier alpha value is -10.3. The van der Waals surface area contributed by atoms with E-state index in [9.17, 15) is 86.9 Å². The van der Waals surface area contributed by atoms with E-state index in [2.05, 4.69) is 78.1 Å². The number of carboxylic acids is 4. The fourth-order valence-corrected chi connectivity index (χ4v) is 13.5. The van der Waals surface area contributed by atoms with Gasteiger partial charge in [0.05, 0.1) is 43.3 Å². The van der Waals surface area contributed by atoms with Crippen molar-refractivity contribution < 1.29 is 97.1 Å². The largest absolute Gasteiger partial charge is 0.481 e. The average Bonchev–Trinajstić information content (AvgIpc) is 1.08. The molecule has 0 aliphatic carbocycles. The molecule has 27 N–H and O–H groups in total.